The molecule has 154 valence electrons. The van der Waals surface area contributed by atoms with Crippen molar-refractivity contribution in [3.8, 4) is 5.75 Å². The van der Waals surface area contributed by atoms with Crippen LogP contribution in [0.15, 0.2) is 59.6 Å². The zero-order valence-electron chi connectivity index (χ0n) is 16.4. The van der Waals surface area contributed by atoms with Gasteiger partial charge in [0.05, 0.1) is 19.8 Å². The van der Waals surface area contributed by atoms with Gasteiger partial charge < -0.3 is 9.47 Å². The number of rotatable bonds is 6. The van der Waals surface area contributed by atoms with Crippen LogP contribution in [0.2, 0.25) is 0 Å². The molecular weight excluding hydrogens is 404 g/mol. The number of aromatic nitrogens is 3. The van der Waals surface area contributed by atoms with Crippen LogP contribution in [-0.2, 0) is 4.74 Å². The van der Waals surface area contributed by atoms with E-state index in [0.717, 1.165) is 11.3 Å². The number of hydrogen-bond donors (Lipinski definition) is 1. The monoisotopic (exact) mass is 424 g/mol. The van der Waals surface area contributed by atoms with Crippen LogP contribution >= 0.6 is 11.8 Å². The van der Waals surface area contributed by atoms with Crippen LogP contribution in [0.25, 0.3) is 0 Å². The number of methoxy groups -OCH3 is 1. The zero-order chi connectivity index (χ0) is 21.1. The average Bonchev–Trinajstić information content (AvgIpc) is 3.21. The molecule has 0 radical (unpaired) electrons. The number of esters is 1. The van der Waals surface area contributed by atoms with E-state index >= 15 is 0 Å². The number of thioether (sulfide) groups is 1. The minimum Gasteiger partial charge on any atom is -0.497 e. The third-order valence-electron chi connectivity index (χ3n) is 4.69. The van der Waals surface area contributed by atoms with Gasteiger partial charge in [0.2, 0.25) is 5.69 Å². The second-order valence-corrected chi connectivity index (χ2v) is 7.65. The molecule has 0 amide bonds. The average molecular weight is 424 g/mol. The molecule has 9 heteroatoms. The third kappa shape index (κ3) is 3.76. The number of nitrogens with zero attached hydrogens (tertiary/aromatic N) is 3. The van der Waals surface area contributed by atoms with E-state index in [1.165, 1.54) is 16.6 Å². The van der Waals surface area contributed by atoms with Crippen molar-refractivity contribution in [1.82, 2.24) is 15.1 Å². The second kappa shape index (κ2) is 8.58. The number of ether oxygens (including phenoxy) is 2. The SMILES string of the molecule is CCOC(=O)c1nnn2c1S[C@H](C(=O)c1ccccc1)[C@H](c1ccc(OC)cc1)N2. The van der Waals surface area contributed by atoms with E-state index in [1.54, 1.807) is 26.2 Å². The van der Waals surface area contributed by atoms with Gasteiger partial charge in [0.1, 0.15) is 11.0 Å². The highest BCUT2D eigenvalue weighted by Crippen LogP contribution is 2.40. The minimum atomic E-state index is -0.568. The molecule has 0 spiro atoms. The normalized spacial score (nSPS) is 17.5. The van der Waals surface area contributed by atoms with Gasteiger partial charge in [-0.1, -0.05) is 54.2 Å². The van der Waals surface area contributed by atoms with Gasteiger partial charge in [0.25, 0.3) is 0 Å². The van der Waals surface area contributed by atoms with Gasteiger partial charge in [-0.05, 0) is 29.8 Å². The lowest BCUT2D eigenvalue weighted by Gasteiger charge is -2.32. The first kappa shape index (κ1) is 20.0. The molecule has 4 rings (SSSR count). The summed E-state index contributed by atoms with van der Waals surface area (Å²) in [6.07, 6.45) is 0. The topological polar surface area (TPSA) is 95.3 Å². The van der Waals surface area contributed by atoms with Gasteiger partial charge in [-0.2, -0.15) is 4.79 Å². The molecule has 2 heterocycles. The van der Waals surface area contributed by atoms with Crippen molar-refractivity contribution in [3.05, 3.63) is 71.4 Å². The van der Waals surface area contributed by atoms with Gasteiger partial charge in [0, 0.05) is 5.56 Å². The van der Waals surface area contributed by atoms with Gasteiger partial charge in [0.15, 0.2) is 10.8 Å². The summed E-state index contributed by atoms with van der Waals surface area (Å²) >= 11 is 1.25. The fourth-order valence-corrected chi connectivity index (χ4v) is 4.47. The maximum absolute atomic E-state index is 13.4. The Bertz CT molecular complexity index is 1050. The number of carbonyl (C=O) groups is 2. The highest BCUT2D eigenvalue weighted by atomic mass is 32.2. The van der Waals surface area contributed by atoms with Crippen molar-refractivity contribution in [2.75, 3.05) is 19.1 Å². The molecule has 2 atom stereocenters. The van der Waals surface area contributed by atoms with Gasteiger partial charge >= 0.3 is 5.97 Å². The highest BCUT2D eigenvalue weighted by molar-refractivity contribution is 8.00. The number of benzene rings is 2. The molecule has 0 bridgehead atoms. The third-order valence-corrected chi connectivity index (χ3v) is 6.02. The van der Waals surface area contributed by atoms with E-state index in [4.69, 9.17) is 9.47 Å². The van der Waals surface area contributed by atoms with Crippen molar-refractivity contribution in [1.29, 1.82) is 0 Å². The molecule has 0 unspecified atom stereocenters. The van der Waals surface area contributed by atoms with Crippen LogP contribution in [0, 0.1) is 0 Å². The summed E-state index contributed by atoms with van der Waals surface area (Å²) in [6, 6.07) is 16.2. The van der Waals surface area contributed by atoms with E-state index in [0.29, 0.717) is 10.6 Å². The maximum atomic E-state index is 13.4. The number of hydrogen-bond acceptors (Lipinski definition) is 8. The van der Waals surface area contributed by atoms with Gasteiger partial charge in [-0.25, -0.2) is 4.79 Å². The molecule has 1 N–H and O–H groups in total. The molecular formula is C21H20N4O4S. The summed E-state index contributed by atoms with van der Waals surface area (Å²) < 4.78 is 10.3. The standard InChI is InChI=1S/C21H20N4O4S/c1-3-29-21(27)17-20-25(24-22-17)23-16(13-9-11-15(28-2)12-10-13)19(30-20)18(26)14-7-5-4-6-8-14/h4-12,16,19,23H,3H2,1-2H3/t16-,19-/m0/s1. The molecule has 2 aromatic carbocycles. The molecule has 1 aliphatic heterocycles. The minimum absolute atomic E-state index is 0.0591. The van der Waals surface area contributed by atoms with Crippen molar-refractivity contribution >= 4 is 23.5 Å². The van der Waals surface area contributed by atoms with Crippen molar-refractivity contribution in [3.63, 3.8) is 0 Å². The fraction of sp³-hybridized carbons (Fsp3) is 0.238. The van der Waals surface area contributed by atoms with Crippen LogP contribution in [0.3, 0.4) is 0 Å². The van der Waals surface area contributed by atoms with Crippen LogP contribution in [0.1, 0.15) is 39.4 Å². The van der Waals surface area contributed by atoms with E-state index in [2.05, 4.69) is 15.7 Å². The Morgan fingerprint density at radius 3 is 2.53 bits per heavy atom. The lowest BCUT2D eigenvalue weighted by molar-refractivity contribution is 0.0514. The molecule has 3 aromatic rings. The molecule has 30 heavy (non-hydrogen) atoms. The summed E-state index contributed by atoms with van der Waals surface area (Å²) in [6.45, 7) is 1.95. The van der Waals surface area contributed by atoms with E-state index in [1.807, 2.05) is 42.5 Å². The number of nitrogens with one attached hydrogen (secondary N) is 1. The Morgan fingerprint density at radius 2 is 1.87 bits per heavy atom. The molecule has 8 nitrogen and oxygen atoms in total. The van der Waals surface area contributed by atoms with E-state index in [-0.39, 0.29) is 18.1 Å². The number of carbonyl (C=O) groups excluding carboxylic acids is 2. The molecule has 0 saturated heterocycles. The molecule has 0 saturated carbocycles. The van der Waals surface area contributed by atoms with Gasteiger partial charge in [-0.3, -0.25) is 10.2 Å². The van der Waals surface area contributed by atoms with Crippen molar-refractivity contribution in [2.24, 2.45) is 0 Å². The Morgan fingerprint density at radius 1 is 1.13 bits per heavy atom. The fourth-order valence-electron chi connectivity index (χ4n) is 3.21. The quantitative estimate of drug-likeness (QED) is 0.476. The Hall–Kier alpha value is -3.33. The number of fused-ring (bicyclic) bond motifs is 1. The smallest absolute Gasteiger partial charge is 0.361 e. The first-order valence-electron chi connectivity index (χ1n) is 9.41. The summed E-state index contributed by atoms with van der Waals surface area (Å²) in [4.78, 5) is 27.1. The summed E-state index contributed by atoms with van der Waals surface area (Å²) in [7, 11) is 1.60. The zero-order valence-corrected chi connectivity index (χ0v) is 17.3. The predicted molar refractivity (Wildman–Crippen MR) is 111 cm³/mol. The van der Waals surface area contributed by atoms with Crippen LogP contribution in [0.5, 0.6) is 5.75 Å². The maximum Gasteiger partial charge on any atom is 0.361 e. The highest BCUT2D eigenvalue weighted by Gasteiger charge is 2.39. The first-order valence-corrected chi connectivity index (χ1v) is 10.3. The van der Waals surface area contributed by atoms with E-state index in [9.17, 15) is 9.59 Å². The lowest BCUT2D eigenvalue weighted by Crippen LogP contribution is -2.39. The summed E-state index contributed by atoms with van der Waals surface area (Å²) in [5.74, 6) is 0.0947. The van der Waals surface area contributed by atoms with Crippen molar-refractivity contribution in [2.45, 2.75) is 23.2 Å². The Balaban J connectivity index is 1.74. The lowest BCUT2D eigenvalue weighted by atomic mass is 9.97. The van der Waals surface area contributed by atoms with Gasteiger partial charge in [-0.15, -0.1) is 5.10 Å². The summed E-state index contributed by atoms with van der Waals surface area (Å²) in [5.41, 5.74) is 4.79. The molecule has 1 aliphatic rings. The van der Waals surface area contributed by atoms with E-state index < -0.39 is 17.3 Å². The van der Waals surface area contributed by atoms with Crippen LogP contribution in [0.4, 0.5) is 0 Å². The number of Topliss-reactive ketones (excluding diaryl/α,β-unsaturated/α-hetero) is 1. The number of ketones is 1. The second-order valence-electron chi connectivity index (χ2n) is 6.52. The Kier molecular flexibility index (Phi) is 5.71. The summed E-state index contributed by atoms with van der Waals surface area (Å²) in [5, 5.41) is 7.91. The van der Waals surface area contributed by atoms with Crippen LogP contribution < -0.4 is 10.2 Å². The predicted octanol–water partition coefficient (Wildman–Crippen LogP) is 3.11. The first-order chi connectivity index (χ1) is 14.6. The molecule has 0 aliphatic carbocycles. The van der Waals surface area contributed by atoms with Crippen molar-refractivity contribution < 1.29 is 19.1 Å². The van der Waals surface area contributed by atoms with Crippen LogP contribution in [-0.4, -0.2) is 45.8 Å². The Labute approximate surface area is 177 Å². The molecule has 1 aromatic heterocycles. The molecule has 0 fully saturated rings. The largest absolute Gasteiger partial charge is 0.497 e.